The highest BCUT2D eigenvalue weighted by Crippen LogP contribution is 2.19. The van der Waals surface area contributed by atoms with Gasteiger partial charge in [-0.05, 0) is 49.9 Å². The molecular weight excluding hydrogens is 252 g/mol. The van der Waals surface area contributed by atoms with Crippen molar-refractivity contribution in [3.8, 4) is 5.75 Å². The zero-order valence-electron chi connectivity index (χ0n) is 12.4. The molecule has 0 spiro atoms. The molecule has 0 fully saturated rings. The third kappa shape index (κ3) is 5.47. The lowest BCUT2D eigenvalue weighted by Crippen LogP contribution is -2.08. The number of aromatic hydroxyl groups is 1. The van der Waals surface area contributed by atoms with Gasteiger partial charge in [0.1, 0.15) is 5.75 Å². The molecular formula is C17H24O3. The lowest BCUT2D eigenvalue weighted by atomic mass is 10.0. The van der Waals surface area contributed by atoms with E-state index in [1.165, 1.54) is 18.9 Å². The highest BCUT2D eigenvalue weighted by atomic mass is 16.5. The van der Waals surface area contributed by atoms with E-state index in [-0.39, 0.29) is 11.7 Å². The maximum atomic E-state index is 11.8. The first-order valence-electron chi connectivity index (χ1n) is 7.33. The van der Waals surface area contributed by atoms with E-state index in [4.69, 9.17) is 4.74 Å². The molecule has 3 heteroatoms. The Hall–Kier alpha value is -1.77. The quantitative estimate of drug-likeness (QED) is 0.438. The van der Waals surface area contributed by atoms with Gasteiger partial charge in [-0.3, -0.25) is 0 Å². The van der Waals surface area contributed by atoms with E-state index in [1.807, 2.05) is 0 Å². The van der Waals surface area contributed by atoms with Gasteiger partial charge in [-0.25, -0.2) is 4.79 Å². The van der Waals surface area contributed by atoms with Gasteiger partial charge >= 0.3 is 5.97 Å². The number of carbonyl (C=O) groups excluding carboxylic acids is 1. The predicted molar refractivity (Wildman–Crippen MR) is 81.0 cm³/mol. The molecule has 1 aromatic rings. The Balaban J connectivity index is 2.65. The third-order valence-electron chi connectivity index (χ3n) is 3.06. The number of rotatable bonds is 8. The Morgan fingerprint density at radius 1 is 1.25 bits per heavy atom. The van der Waals surface area contributed by atoms with Crippen molar-refractivity contribution in [2.45, 2.75) is 46.0 Å². The number of hydrogen-bond acceptors (Lipinski definition) is 3. The molecule has 1 aromatic carbocycles. The normalized spacial score (nSPS) is 10.9. The third-order valence-corrected chi connectivity index (χ3v) is 3.06. The second kappa shape index (κ2) is 9.18. The van der Waals surface area contributed by atoms with Crippen LogP contribution in [0.1, 0.15) is 55.5 Å². The van der Waals surface area contributed by atoms with Crippen LogP contribution in [0.5, 0.6) is 5.75 Å². The molecule has 20 heavy (non-hydrogen) atoms. The van der Waals surface area contributed by atoms with Gasteiger partial charge in [0.15, 0.2) is 0 Å². The van der Waals surface area contributed by atoms with E-state index in [0.29, 0.717) is 12.2 Å². The number of hydrogen-bond donors (Lipinski definition) is 1. The van der Waals surface area contributed by atoms with E-state index in [0.717, 1.165) is 24.8 Å². The second-order valence-corrected chi connectivity index (χ2v) is 4.71. The predicted octanol–water partition coefficient (Wildman–Crippen LogP) is 4.25. The number of phenols is 1. The van der Waals surface area contributed by atoms with Crippen LogP contribution in [0, 0.1) is 0 Å². The fraction of sp³-hybridized carbons (Fsp3) is 0.471. The standard InChI is InChI=1S/C17H24O3/c1-3-5-6-7-8-9-10-14-13-15(18)11-12-16(14)17(19)20-4-2/h7-8,11-13,18H,3-6,9-10H2,1-2H3. The molecule has 0 aliphatic carbocycles. The smallest absolute Gasteiger partial charge is 0.338 e. The Morgan fingerprint density at radius 2 is 2.00 bits per heavy atom. The molecule has 1 N–H and O–H groups in total. The topological polar surface area (TPSA) is 46.5 Å². The van der Waals surface area contributed by atoms with Crippen molar-refractivity contribution in [3.05, 3.63) is 41.5 Å². The summed E-state index contributed by atoms with van der Waals surface area (Å²) in [6, 6.07) is 4.79. The number of aryl methyl sites for hydroxylation is 1. The van der Waals surface area contributed by atoms with E-state index in [1.54, 1.807) is 19.1 Å². The minimum atomic E-state index is -0.322. The summed E-state index contributed by atoms with van der Waals surface area (Å²) >= 11 is 0. The number of carbonyl (C=O) groups is 1. The van der Waals surface area contributed by atoms with Gasteiger partial charge in [-0.15, -0.1) is 0 Å². The van der Waals surface area contributed by atoms with E-state index < -0.39 is 0 Å². The van der Waals surface area contributed by atoms with Crippen LogP contribution in [0.15, 0.2) is 30.4 Å². The fourth-order valence-corrected chi connectivity index (χ4v) is 1.99. The summed E-state index contributed by atoms with van der Waals surface area (Å²) in [4.78, 5) is 11.8. The second-order valence-electron chi connectivity index (χ2n) is 4.71. The number of phenolic OH excluding ortho intramolecular Hbond substituents is 1. The molecule has 3 nitrogen and oxygen atoms in total. The van der Waals surface area contributed by atoms with Crippen LogP contribution in [-0.2, 0) is 11.2 Å². The highest BCUT2D eigenvalue weighted by Gasteiger charge is 2.12. The summed E-state index contributed by atoms with van der Waals surface area (Å²) in [5.74, 6) is -0.138. The molecule has 0 atom stereocenters. The monoisotopic (exact) mass is 276 g/mol. The summed E-state index contributed by atoms with van der Waals surface area (Å²) in [7, 11) is 0. The lowest BCUT2D eigenvalue weighted by Gasteiger charge is -2.08. The van der Waals surface area contributed by atoms with Crippen molar-refractivity contribution < 1.29 is 14.6 Å². The maximum Gasteiger partial charge on any atom is 0.338 e. The molecule has 0 unspecified atom stereocenters. The molecule has 0 radical (unpaired) electrons. The summed E-state index contributed by atoms with van der Waals surface area (Å²) in [6.45, 7) is 4.32. The Kier molecular flexibility index (Phi) is 7.48. The zero-order chi connectivity index (χ0) is 14.8. The van der Waals surface area contributed by atoms with Gasteiger partial charge in [0, 0.05) is 0 Å². The van der Waals surface area contributed by atoms with Crippen LogP contribution in [0.25, 0.3) is 0 Å². The molecule has 1 rings (SSSR count). The van der Waals surface area contributed by atoms with Crippen molar-refractivity contribution in [1.82, 2.24) is 0 Å². The van der Waals surface area contributed by atoms with Crippen molar-refractivity contribution in [2.24, 2.45) is 0 Å². The fourth-order valence-electron chi connectivity index (χ4n) is 1.99. The van der Waals surface area contributed by atoms with E-state index in [2.05, 4.69) is 19.1 Å². The van der Waals surface area contributed by atoms with Gasteiger partial charge in [-0.1, -0.05) is 31.9 Å². The van der Waals surface area contributed by atoms with Gasteiger partial charge in [0.25, 0.3) is 0 Å². The molecule has 0 aromatic heterocycles. The van der Waals surface area contributed by atoms with E-state index >= 15 is 0 Å². The Morgan fingerprint density at radius 3 is 2.70 bits per heavy atom. The van der Waals surface area contributed by atoms with Crippen molar-refractivity contribution in [1.29, 1.82) is 0 Å². The number of allylic oxidation sites excluding steroid dienone is 2. The van der Waals surface area contributed by atoms with Gasteiger partial charge in [-0.2, -0.15) is 0 Å². The van der Waals surface area contributed by atoms with Crippen LogP contribution in [0.4, 0.5) is 0 Å². The lowest BCUT2D eigenvalue weighted by molar-refractivity contribution is 0.0525. The van der Waals surface area contributed by atoms with E-state index in [9.17, 15) is 9.90 Å². The van der Waals surface area contributed by atoms with Crippen LogP contribution in [-0.4, -0.2) is 17.7 Å². The molecule has 0 saturated heterocycles. The summed E-state index contributed by atoms with van der Waals surface area (Å²) in [6.07, 6.45) is 9.40. The number of unbranched alkanes of at least 4 members (excludes halogenated alkanes) is 2. The zero-order valence-corrected chi connectivity index (χ0v) is 12.4. The molecule has 0 heterocycles. The van der Waals surface area contributed by atoms with Gasteiger partial charge < -0.3 is 9.84 Å². The van der Waals surface area contributed by atoms with Crippen LogP contribution < -0.4 is 0 Å². The Bertz CT molecular complexity index is 450. The van der Waals surface area contributed by atoms with Crippen LogP contribution in [0.2, 0.25) is 0 Å². The molecule has 110 valence electrons. The van der Waals surface area contributed by atoms with Crippen molar-refractivity contribution >= 4 is 5.97 Å². The first kappa shape index (κ1) is 16.3. The minimum absolute atomic E-state index is 0.183. The van der Waals surface area contributed by atoms with Gasteiger partial charge in [0.05, 0.1) is 12.2 Å². The Labute approximate surface area is 121 Å². The average Bonchev–Trinajstić information content (AvgIpc) is 2.43. The average molecular weight is 276 g/mol. The largest absolute Gasteiger partial charge is 0.508 e. The van der Waals surface area contributed by atoms with Crippen LogP contribution >= 0.6 is 0 Å². The highest BCUT2D eigenvalue weighted by molar-refractivity contribution is 5.91. The minimum Gasteiger partial charge on any atom is -0.508 e. The molecule has 0 aliphatic rings. The first-order valence-corrected chi connectivity index (χ1v) is 7.33. The molecule has 0 saturated carbocycles. The number of benzene rings is 1. The van der Waals surface area contributed by atoms with Crippen molar-refractivity contribution in [2.75, 3.05) is 6.61 Å². The summed E-state index contributed by atoms with van der Waals surface area (Å²) in [5.41, 5.74) is 1.38. The SMILES string of the molecule is CCCCC=CCCc1cc(O)ccc1C(=O)OCC. The van der Waals surface area contributed by atoms with Crippen molar-refractivity contribution in [3.63, 3.8) is 0 Å². The molecule has 0 bridgehead atoms. The van der Waals surface area contributed by atoms with Gasteiger partial charge in [0.2, 0.25) is 0 Å². The number of ether oxygens (including phenoxy) is 1. The number of esters is 1. The first-order chi connectivity index (χ1) is 9.69. The summed E-state index contributed by atoms with van der Waals surface area (Å²) < 4.78 is 5.03. The maximum absolute atomic E-state index is 11.8. The molecule has 0 amide bonds. The van der Waals surface area contributed by atoms with Crippen LogP contribution in [0.3, 0.4) is 0 Å². The summed E-state index contributed by atoms with van der Waals surface area (Å²) in [5, 5.41) is 9.55. The molecule has 0 aliphatic heterocycles.